The topological polar surface area (TPSA) is 27.7 Å². The lowest BCUT2D eigenvalue weighted by atomic mass is 10.5. The van der Waals surface area contributed by atoms with Crippen LogP contribution in [0.1, 0.15) is 20.3 Å². The van der Waals surface area contributed by atoms with Gasteiger partial charge in [-0.3, -0.25) is 0 Å². The molecule has 0 aromatic rings. The third-order valence-electron chi connectivity index (χ3n) is 3.96. The molecular weight excluding hydrogens is 373 g/mol. The van der Waals surface area contributed by atoms with Gasteiger partial charge in [0.15, 0.2) is 16.6 Å². The summed E-state index contributed by atoms with van der Waals surface area (Å²) in [6.45, 7) is 16.1. The molecule has 2 unspecified atom stereocenters. The number of hydrogen-bond acceptors (Lipinski definition) is 3. The molecule has 0 aliphatic carbocycles. The molecule has 0 aromatic carbocycles. The van der Waals surface area contributed by atoms with E-state index in [9.17, 15) is 13.2 Å². The first-order valence-electron chi connectivity index (χ1n) is 8.26. The van der Waals surface area contributed by atoms with Gasteiger partial charge in [-0.05, 0) is 57.4 Å². The molecule has 0 saturated heterocycles. The molecule has 3 nitrogen and oxygen atoms in total. The third-order valence-corrected chi connectivity index (χ3v) is 19.7. The summed E-state index contributed by atoms with van der Waals surface area (Å²) in [5, 5.41) is 0. The first-order chi connectivity index (χ1) is 10.1. The van der Waals surface area contributed by atoms with Crippen LogP contribution in [0, 0.1) is 0 Å². The predicted octanol–water partition coefficient (Wildman–Crippen LogP) is 5.36. The summed E-state index contributed by atoms with van der Waals surface area (Å²) in [4.78, 5) is 0. The normalized spacial score (nSPS) is 17.9. The second-order valence-electron chi connectivity index (χ2n) is 7.38. The second kappa shape index (κ2) is 8.76. The highest BCUT2D eigenvalue weighted by atomic mass is 28.5. The van der Waals surface area contributed by atoms with Crippen LogP contribution in [0.2, 0.25) is 57.4 Å². The van der Waals surface area contributed by atoms with Crippen molar-refractivity contribution in [3.05, 3.63) is 0 Å². The second-order valence-corrected chi connectivity index (χ2v) is 22.4. The fourth-order valence-corrected chi connectivity index (χ4v) is 17.3. The van der Waals surface area contributed by atoms with Crippen LogP contribution < -0.4 is 0 Å². The highest BCUT2D eigenvalue weighted by Crippen LogP contribution is 2.31. The van der Waals surface area contributed by atoms with Gasteiger partial charge in [-0.25, -0.2) is 0 Å². The van der Waals surface area contributed by atoms with Gasteiger partial charge in [-0.15, -0.1) is 0 Å². The van der Waals surface area contributed by atoms with E-state index in [2.05, 4.69) is 20.0 Å². The molecule has 0 heterocycles. The zero-order valence-corrected chi connectivity index (χ0v) is 19.9. The van der Waals surface area contributed by atoms with Crippen LogP contribution in [0.3, 0.4) is 0 Å². The molecule has 0 amide bonds. The van der Waals surface area contributed by atoms with E-state index < -0.39 is 47.1 Å². The van der Waals surface area contributed by atoms with E-state index in [0.717, 1.165) is 12.1 Å². The van der Waals surface area contributed by atoms with Gasteiger partial charge in [0.25, 0.3) is 9.28 Å². The van der Waals surface area contributed by atoms with Crippen molar-refractivity contribution in [3.63, 3.8) is 0 Å². The molecule has 0 aliphatic heterocycles. The summed E-state index contributed by atoms with van der Waals surface area (Å²) in [5.41, 5.74) is 0. The van der Waals surface area contributed by atoms with E-state index in [1.54, 1.807) is 6.55 Å². The molecule has 0 aromatic heterocycles. The Kier molecular flexibility index (Phi) is 8.97. The van der Waals surface area contributed by atoms with Crippen LogP contribution >= 0.6 is 0 Å². The highest BCUT2D eigenvalue weighted by molar-refractivity contribution is 6.86. The molecule has 140 valence electrons. The van der Waals surface area contributed by atoms with Gasteiger partial charge in [0.2, 0.25) is 0 Å². The minimum Gasteiger partial charge on any atom is -0.439 e. The quantitative estimate of drug-likeness (QED) is 0.457. The maximum absolute atomic E-state index is 12.7. The summed E-state index contributed by atoms with van der Waals surface area (Å²) in [5.74, 6) is 0. The van der Waals surface area contributed by atoms with Crippen molar-refractivity contribution >= 4 is 34.5 Å². The number of hydrogen-bond donors (Lipinski definition) is 0. The van der Waals surface area contributed by atoms with Crippen molar-refractivity contribution in [1.82, 2.24) is 0 Å². The maximum atomic E-state index is 12.7. The SMILES string of the molecule is CC[Si](C)(C)O[SiH](C)O[Si](C)(CCC(F)(F)F)O[Si](C)(C)CC. The van der Waals surface area contributed by atoms with Gasteiger partial charge < -0.3 is 12.3 Å². The standard InChI is InChI=1S/C13H33F3O3Si4/c1-9-21(4,5)17-20(3)18-23(8,12-11-13(14,15)16)19-22(6,7)10-2/h20H,9-12H2,1-8H3. The van der Waals surface area contributed by atoms with E-state index in [4.69, 9.17) is 12.3 Å². The number of halogens is 3. The fraction of sp³-hybridized carbons (Fsp3) is 1.00. The Morgan fingerprint density at radius 3 is 1.74 bits per heavy atom. The lowest BCUT2D eigenvalue weighted by Crippen LogP contribution is -2.53. The third kappa shape index (κ3) is 10.9. The summed E-state index contributed by atoms with van der Waals surface area (Å²) >= 11 is 0. The molecule has 0 bridgehead atoms. The molecule has 0 fully saturated rings. The Bertz CT molecular complexity index is 367. The Morgan fingerprint density at radius 1 is 0.870 bits per heavy atom. The smallest absolute Gasteiger partial charge is 0.389 e. The van der Waals surface area contributed by atoms with E-state index in [1.807, 2.05) is 26.6 Å². The molecule has 0 saturated carbocycles. The summed E-state index contributed by atoms with van der Waals surface area (Å²) in [6.07, 6.45) is -5.03. The van der Waals surface area contributed by atoms with Crippen LogP contribution in [-0.2, 0) is 12.3 Å². The minimum atomic E-state index is -4.18. The number of alkyl halides is 3. The Hall–Kier alpha value is 0.538. The Morgan fingerprint density at radius 2 is 1.35 bits per heavy atom. The minimum absolute atomic E-state index is 0.0538. The van der Waals surface area contributed by atoms with E-state index in [-0.39, 0.29) is 6.04 Å². The van der Waals surface area contributed by atoms with Crippen molar-refractivity contribution in [2.24, 2.45) is 0 Å². The molecule has 0 radical (unpaired) electrons. The van der Waals surface area contributed by atoms with E-state index >= 15 is 0 Å². The Labute approximate surface area is 144 Å². The zero-order valence-electron chi connectivity index (χ0n) is 15.8. The van der Waals surface area contributed by atoms with Crippen LogP contribution in [0.5, 0.6) is 0 Å². The summed E-state index contributed by atoms with van der Waals surface area (Å²) in [7, 11) is -8.66. The molecule has 0 N–H and O–H groups in total. The van der Waals surface area contributed by atoms with Crippen molar-refractivity contribution < 1.29 is 25.5 Å². The van der Waals surface area contributed by atoms with Crippen molar-refractivity contribution in [2.75, 3.05) is 0 Å². The molecule has 2 atom stereocenters. The fourth-order valence-electron chi connectivity index (χ4n) is 2.07. The molecule has 0 aliphatic rings. The highest BCUT2D eigenvalue weighted by Gasteiger charge is 2.43. The van der Waals surface area contributed by atoms with E-state index in [1.165, 1.54) is 0 Å². The van der Waals surface area contributed by atoms with Gasteiger partial charge in [0.1, 0.15) is 0 Å². The van der Waals surface area contributed by atoms with Crippen LogP contribution in [0.25, 0.3) is 0 Å². The molecular formula is C13H33F3O3Si4. The first-order valence-corrected chi connectivity index (χ1v) is 19.1. The van der Waals surface area contributed by atoms with Crippen LogP contribution in [-0.4, -0.2) is 40.7 Å². The average molecular weight is 407 g/mol. The predicted molar refractivity (Wildman–Crippen MR) is 99.3 cm³/mol. The lowest BCUT2D eigenvalue weighted by molar-refractivity contribution is -0.131. The monoisotopic (exact) mass is 406 g/mol. The molecule has 0 rings (SSSR count). The van der Waals surface area contributed by atoms with Crippen LogP contribution in [0.15, 0.2) is 0 Å². The van der Waals surface area contributed by atoms with Crippen molar-refractivity contribution in [3.8, 4) is 0 Å². The lowest BCUT2D eigenvalue weighted by Gasteiger charge is -2.38. The molecule has 0 spiro atoms. The first kappa shape index (κ1) is 23.5. The molecule has 10 heteroatoms. The average Bonchev–Trinajstić information content (AvgIpc) is 2.34. The Balaban J connectivity index is 5.04. The van der Waals surface area contributed by atoms with Gasteiger partial charge >= 0.3 is 14.7 Å². The van der Waals surface area contributed by atoms with Gasteiger partial charge in [0.05, 0.1) is 0 Å². The summed E-state index contributed by atoms with van der Waals surface area (Å²) in [6, 6.07) is 1.77. The molecule has 23 heavy (non-hydrogen) atoms. The van der Waals surface area contributed by atoms with Gasteiger partial charge in [0, 0.05) is 6.42 Å². The summed E-state index contributed by atoms with van der Waals surface area (Å²) < 4.78 is 56.5. The maximum Gasteiger partial charge on any atom is 0.389 e. The van der Waals surface area contributed by atoms with Crippen molar-refractivity contribution in [2.45, 2.75) is 83.9 Å². The van der Waals surface area contributed by atoms with Gasteiger partial charge in [-0.2, -0.15) is 13.2 Å². The van der Waals surface area contributed by atoms with Gasteiger partial charge in [-0.1, -0.05) is 13.8 Å². The van der Waals surface area contributed by atoms with Crippen LogP contribution in [0.4, 0.5) is 13.2 Å². The largest absolute Gasteiger partial charge is 0.439 e. The zero-order chi connectivity index (χ0) is 18.5. The number of rotatable bonds is 10. The van der Waals surface area contributed by atoms with Crippen molar-refractivity contribution in [1.29, 1.82) is 0 Å². The van der Waals surface area contributed by atoms with E-state index in [0.29, 0.717) is 0 Å².